The lowest BCUT2D eigenvalue weighted by molar-refractivity contribution is 0.288. The fourth-order valence-corrected chi connectivity index (χ4v) is 2.52. The molecule has 0 amide bonds. The fourth-order valence-electron chi connectivity index (χ4n) is 2.52. The van der Waals surface area contributed by atoms with E-state index in [-0.39, 0.29) is 11.2 Å². The largest absolute Gasteiger partial charge is 0.490 e. The molecule has 1 N–H and O–H groups in total. The van der Waals surface area contributed by atoms with Crippen molar-refractivity contribution in [1.82, 2.24) is 9.55 Å². The van der Waals surface area contributed by atoms with Gasteiger partial charge in [0.25, 0.3) is 5.56 Å². The van der Waals surface area contributed by atoms with Crippen LogP contribution in [0.15, 0.2) is 21.7 Å². The molecule has 1 aromatic heterocycles. The number of H-pyrrole nitrogens is 1. The number of ether oxygens (including phenoxy) is 2. The van der Waals surface area contributed by atoms with Gasteiger partial charge in [-0.25, -0.2) is 4.79 Å². The number of aromatic amines is 1. The van der Waals surface area contributed by atoms with E-state index in [0.717, 1.165) is 19.3 Å². The van der Waals surface area contributed by atoms with E-state index in [2.05, 4.69) is 11.9 Å². The summed E-state index contributed by atoms with van der Waals surface area (Å²) in [5.74, 6) is 1.05. The van der Waals surface area contributed by atoms with Gasteiger partial charge in [-0.2, -0.15) is 0 Å². The molecule has 0 saturated carbocycles. The molecular weight excluding hydrogens is 296 g/mol. The maximum atomic E-state index is 12.6. The quantitative estimate of drug-likeness (QED) is 0.759. The highest BCUT2D eigenvalue weighted by atomic mass is 16.5. The molecule has 0 spiro atoms. The Kier molecular flexibility index (Phi) is 5.84. The molecule has 23 heavy (non-hydrogen) atoms. The minimum absolute atomic E-state index is 0.288. The van der Waals surface area contributed by atoms with Crippen LogP contribution in [-0.2, 0) is 6.54 Å². The summed E-state index contributed by atoms with van der Waals surface area (Å²) < 4.78 is 12.3. The highest BCUT2D eigenvalue weighted by Gasteiger charge is 2.13. The molecule has 0 bridgehead atoms. The molecule has 126 valence electrons. The number of nitrogens with zero attached hydrogens (tertiary/aromatic N) is 1. The number of benzene rings is 1. The highest BCUT2D eigenvalue weighted by molar-refractivity contribution is 5.81. The van der Waals surface area contributed by atoms with E-state index >= 15 is 0 Å². The SMILES string of the molecule is CCCCCn1c(=O)[nH]c2cc(OCC)c(OCC)cc2c1=O. The summed E-state index contributed by atoms with van der Waals surface area (Å²) in [7, 11) is 0. The Balaban J connectivity index is 2.56. The van der Waals surface area contributed by atoms with Gasteiger partial charge in [0.15, 0.2) is 11.5 Å². The second-order valence-electron chi connectivity index (χ2n) is 5.30. The van der Waals surface area contributed by atoms with Gasteiger partial charge < -0.3 is 14.5 Å². The van der Waals surface area contributed by atoms with E-state index in [1.165, 1.54) is 4.57 Å². The summed E-state index contributed by atoms with van der Waals surface area (Å²) in [5.41, 5.74) is -0.201. The molecule has 6 nitrogen and oxygen atoms in total. The molecule has 6 heteroatoms. The van der Waals surface area contributed by atoms with Crippen molar-refractivity contribution in [3.8, 4) is 11.5 Å². The standard InChI is InChI=1S/C17H24N2O4/c1-4-7-8-9-19-16(20)12-10-14(22-5-2)15(23-6-3)11-13(12)18-17(19)21/h10-11H,4-9H2,1-3H3,(H,18,21). The second-order valence-corrected chi connectivity index (χ2v) is 5.30. The smallest absolute Gasteiger partial charge is 0.328 e. The van der Waals surface area contributed by atoms with Crippen molar-refractivity contribution in [2.75, 3.05) is 13.2 Å². The number of hydrogen-bond acceptors (Lipinski definition) is 4. The average molecular weight is 320 g/mol. The van der Waals surface area contributed by atoms with Gasteiger partial charge in [0.1, 0.15) is 0 Å². The number of unbranched alkanes of at least 4 members (excludes halogenated alkanes) is 2. The molecule has 0 atom stereocenters. The summed E-state index contributed by atoms with van der Waals surface area (Å²) in [6, 6.07) is 3.31. The van der Waals surface area contributed by atoms with Crippen LogP contribution in [-0.4, -0.2) is 22.8 Å². The van der Waals surface area contributed by atoms with Gasteiger partial charge in [-0.15, -0.1) is 0 Å². The van der Waals surface area contributed by atoms with Crippen LogP contribution in [0.25, 0.3) is 10.9 Å². The fraction of sp³-hybridized carbons (Fsp3) is 0.529. The number of hydrogen-bond donors (Lipinski definition) is 1. The van der Waals surface area contributed by atoms with E-state index < -0.39 is 0 Å². The summed E-state index contributed by atoms with van der Waals surface area (Å²) in [6.45, 7) is 7.19. The van der Waals surface area contributed by atoms with E-state index in [1.54, 1.807) is 12.1 Å². The topological polar surface area (TPSA) is 73.3 Å². The molecule has 0 aliphatic rings. The molecular formula is C17H24N2O4. The normalized spacial score (nSPS) is 10.9. The summed E-state index contributed by atoms with van der Waals surface area (Å²) in [4.78, 5) is 27.5. The first-order valence-corrected chi connectivity index (χ1v) is 8.18. The van der Waals surface area contributed by atoms with Crippen LogP contribution in [0.5, 0.6) is 11.5 Å². The third-order valence-corrected chi connectivity index (χ3v) is 3.63. The van der Waals surface area contributed by atoms with Crippen LogP contribution in [0.3, 0.4) is 0 Å². The van der Waals surface area contributed by atoms with Crippen molar-refractivity contribution in [1.29, 1.82) is 0 Å². The van der Waals surface area contributed by atoms with Gasteiger partial charge in [0.2, 0.25) is 0 Å². The van der Waals surface area contributed by atoms with Crippen molar-refractivity contribution >= 4 is 10.9 Å². The third-order valence-electron chi connectivity index (χ3n) is 3.63. The van der Waals surface area contributed by atoms with Gasteiger partial charge in [-0.1, -0.05) is 19.8 Å². The number of nitrogens with one attached hydrogen (secondary N) is 1. The number of fused-ring (bicyclic) bond motifs is 1. The molecule has 1 heterocycles. The predicted molar refractivity (Wildman–Crippen MR) is 90.7 cm³/mol. The van der Waals surface area contributed by atoms with Gasteiger partial charge in [-0.3, -0.25) is 9.36 Å². The predicted octanol–water partition coefficient (Wildman–Crippen LogP) is 2.68. The minimum Gasteiger partial charge on any atom is -0.490 e. The van der Waals surface area contributed by atoms with E-state index in [1.807, 2.05) is 13.8 Å². The molecule has 0 unspecified atom stereocenters. The lowest BCUT2D eigenvalue weighted by Crippen LogP contribution is -2.35. The van der Waals surface area contributed by atoms with Crippen LogP contribution in [0.1, 0.15) is 40.0 Å². The average Bonchev–Trinajstić information content (AvgIpc) is 2.52. The van der Waals surface area contributed by atoms with E-state index in [9.17, 15) is 9.59 Å². The molecule has 0 aliphatic carbocycles. The zero-order valence-electron chi connectivity index (χ0n) is 14.0. The van der Waals surface area contributed by atoms with Gasteiger partial charge >= 0.3 is 5.69 Å². The summed E-state index contributed by atoms with van der Waals surface area (Å²) in [6.07, 6.45) is 2.82. The van der Waals surface area contributed by atoms with Crippen molar-refractivity contribution in [3.63, 3.8) is 0 Å². The first kappa shape index (κ1) is 17.1. The van der Waals surface area contributed by atoms with Gasteiger partial charge in [0, 0.05) is 12.6 Å². The van der Waals surface area contributed by atoms with Crippen LogP contribution in [0, 0.1) is 0 Å². The Hall–Kier alpha value is -2.24. The summed E-state index contributed by atoms with van der Waals surface area (Å²) in [5, 5.41) is 0.438. The van der Waals surface area contributed by atoms with Crippen LogP contribution < -0.4 is 20.7 Å². The van der Waals surface area contributed by atoms with Crippen LogP contribution >= 0.6 is 0 Å². The molecule has 0 saturated heterocycles. The van der Waals surface area contributed by atoms with Gasteiger partial charge in [-0.05, 0) is 26.3 Å². The molecule has 0 aliphatic heterocycles. The molecule has 1 aromatic carbocycles. The molecule has 0 radical (unpaired) electrons. The van der Waals surface area contributed by atoms with Gasteiger partial charge in [0.05, 0.1) is 24.1 Å². The third kappa shape index (κ3) is 3.75. The van der Waals surface area contributed by atoms with Crippen molar-refractivity contribution < 1.29 is 9.47 Å². The maximum absolute atomic E-state index is 12.6. The van der Waals surface area contributed by atoms with Crippen LogP contribution in [0.4, 0.5) is 0 Å². The first-order chi connectivity index (χ1) is 11.1. The lowest BCUT2D eigenvalue weighted by Gasteiger charge is -2.13. The maximum Gasteiger partial charge on any atom is 0.328 e. The second kappa shape index (κ2) is 7.85. The van der Waals surface area contributed by atoms with E-state index in [4.69, 9.17) is 9.47 Å². The highest BCUT2D eigenvalue weighted by Crippen LogP contribution is 2.30. The first-order valence-electron chi connectivity index (χ1n) is 8.18. The Labute approximate surface area is 135 Å². The minimum atomic E-state index is -0.384. The zero-order chi connectivity index (χ0) is 16.8. The zero-order valence-corrected chi connectivity index (χ0v) is 14.0. The van der Waals surface area contributed by atoms with Crippen molar-refractivity contribution in [3.05, 3.63) is 33.0 Å². The number of aromatic nitrogens is 2. The Morgan fingerprint density at radius 3 is 2.26 bits per heavy atom. The Morgan fingerprint density at radius 1 is 1.00 bits per heavy atom. The monoisotopic (exact) mass is 320 g/mol. The Bertz CT molecular complexity index is 776. The van der Waals surface area contributed by atoms with Crippen LogP contribution in [0.2, 0.25) is 0 Å². The molecule has 0 fully saturated rings. The molecule has 2 rings (SSSR count). The van der Waals surface area contributed by atoms with E-state index in [0.29, 0.717) is 42.2 Å². The van der Waals surface area contributed by atoms with Crippen molar-refractivity contribution in [2.24, 2.45) is 0 Å². The number of rotatable bonds is 8. The molecule has 2 aromatic rings. The summed E-state index contributed by atoms with van der Waals surface area (Å²) >= 11 is 0. The Morgan fingerprint density at radius 2 is 1.65 bits per heavy atom. The lowest BCUT2D eigenvalue weighted by atomic mass is 10.2. The van der Waals surface area contributed by atoms with Crippen molar-refractivity contribution in [2.45, 2.75) is 46.6 Å².